The molecule has 0 bridgehead atoms. The number of hydrogen-bond acceptors (Lipinski definition) is 2. The highest BCUT2D eigenvalue weighted by Gasteiger charge is 2.25. The van der Waals surface area contributed by atoms with Crippen LogP contribution in [0.2, 0.25) is 5.02 Å². The van der Waals surface area contributed by atoms with E-state index in [0.717, 1.165) is 0 Å². The topological polar surface area (TPSA) is 21.3 Å². The minimum atomic E-state index is -4.11. The van der Waals surface area contributed by atoms with Crippen LogP contribution in [-0.4, -0.2) is 19.8 Å². The van der Waals surface area contributed by atoms with E-state index in [1.807, 2.05) is 0 Å². The van der Waals surface area contributed by atoms with Crippen molar-refractivity contribution in [1.82, 2.24) is 0 Å². The predicted molar refractivity (Wildman–Crippen MR) is 61.8 cm³/mol. The SMILES string of the molecule is COc1ccc(Cl)cc1NCCCC(F)(F)F. The van der Waals surface area contributed by atoms with Gasteiger partial charge in [-0.1, -0.05) is 11.6 Å². The standard InChI is InChI=1S/C11H13ClF3NO/c1-17-10-4-3-8(12)7-9(10)16-6-2-5-11(13,14)15/h3-4,7,16H,2,5-6H2,1H3. The van der Waals surface area contributed by atoms with Crippen LogP contribution in [-0.2, 0) is 0 Å². The van der Waals surface area contributed by atoms with Crippen LogP contribution in [0.25, 0.3) is 0 Å². The third-order valence-electron chi connectivity index (χ3n) is 2.11. The summed E-state index contributed by atoms with van der Waals surface area (Å²) in [6.45, 7) is 0.218. The summed E-state index contributed by atoms with van der Waals surface area (Å²) < 4.78 is 40.8. The first-order valence-corrected chi connectivity index (χ1v) is 5.44. The lowest BCUT2D eigenvalue weighted by Crippen LogP contribution is -2.11. The zero-order valence-corrected chi connectivity index (χ0v) is 10.0. The number of alkyl halides is 3. The molecule has 17 heavy (non-hydrogen) atoms. The Balaban J connectivity index is 2.48. The third kappa shape index (κ3) is 5.17. The van der Waals surface area contributed by atoms with Crippen molar-refractivity contribution in [2.45, 2.75) is 19.0 Å². The number of nitrogens with one attached hydrogen (secondary N) is 1. The number of halogens is 4. The summed E-state index contributed by atoms with van der Waals surface area (Å²) in [6, 6.07) is 4.93. The Morgan fingerprint density at radius 3 is 2.65 bits per heavy atom. The molecular weight excluding hydrogens is 255 g/mol. The predicted octanol–water partition coefficient (Wildman–Crippen LogP) is 4.10. The zero-order chi connectivity index (χ0) is 12.9. The van der Waals surface area contributed by atoms with Crippen molar-refractivity contribution in [3.05, 3.63) is 23.2 Å². The Kier molecular flexibility index (Phi) is 4.93. The molecule has 0 radical (unpaired) electrons. The molecule has 0 heterocycles. The molecule has 0 aromatic heterocycles. The molecule has 0 spiro atoms. The van der Waals surface area contributed by atoms with E-state index in [1.54, 1.807) is 18.2 Å². The van der Waals surface area contributed by atoms with Crippen LogP contribution in [0.1, 0.15) is 12.8 Å². The maximum atomic E-state index is 11.9. The second kappa shape index (κ2) is 6.00. The highest BCUT2D eigenvalue weighted by Crippen LogP contribution is 2.28. The van der Waals surface area contributed by atoms with Crippen LogP contribution in [0, 0.1) is 0 Å². The average Bonchev–Trinajstić information content (AvgIpc) is 2.23. The molecule has 0 aliphatic heterocycles. The molecule has 1 aromatic carbocycles. The lowest BCUT2D eigenvalue weighted by Gasteiger charge is -2.12. The Labute approximate surface area is 103 Å². The lowest BCUT2D eigenvalue weighted by molar-refractivity contribution is -0.134. The molecule has 0 unspecified atom stereocenters. The molecule has 0 atom stereocenters. The first-order chi connectivity index (χ1) is 7.92. The molecule has 0 saturated heterocycles. The van der Waals surface area contributed by atoms with Gasteiger partial charge < -0.3 is 10.1 Å². The fraction of sp³-hybridized carbons (Fsp3) is 0.455. The molecule has 0 aliphatic carbocycles. The molecule has 6 heteroatoms. The van der Waals surface area contributed by atoms with E-state index in [4.69, 9.17) is 16.3 Å². The summed E-state index contributed by atoms with van der Waals surface area (Å²) in [5.74, 6) is 0.557. The normalized spacial score (nSPS) is 11.4. The van der Waals surface area contributed by atoms with Gasteiger partial charge >= 0.3 is 6.18 Å². The van der Waals surface area contributed by atoms with Crippen molar-refractivity contribution >= 4 is 17.3 Å². The van der Waals surface area contributed by atoms with Crippen molar-refractivity contribution in [1.29, 1.82) is 0 Å². The highest BCUT2D eigenvalue weighted by atomic mass is 35.5. The number of ether oxygens (including phenoxy) is 1. The molecule has 1 N–H and O–H groups in total. The summed E-state index contributed by atoms with van der Waals surface area (Å²) >= 11 is 5.78. The number of anilines is 1. The second-order valence-electron chi connectivity index (χ2n) is 3.49. The van der Waals surface area contributed by atoms with Gasteiger partial charge in [0.2, 0.25) is 0 Å². The van der Waals surface area contributed by atoms with Crippen LogP contribution in [0.5, 0.6) is 5.75 Å². The molecule has 2 nitrogen and oxygen atoms in total. The molecule has 1 rings (SSSR count). The zero-order valence-electron chi connectivity index (χ0n) is 9.27. The summed E-state index contributed by atoms with van der Waals surface area (Å²) in [5, 5.41) is 3.37. The average molecular weight is 268 g/mol. The Morgan fingerprint density at radius 2 is 2.06 bits per heavy atom. The lowest BCUT2D eigenvalue weighted by atomic mass is 10.2. The second-order valence-corrected chi connectivity index (χ2v) is 3.93. The quantitative estimate of drug-likeness (QED) is 0.811. The van der Waals surface area contributed by atoms with E-state index in [-0.39, 0.29) is 13.0 Å². The van der Waals surface area contributed by atoms with Gasteiger partial charge in [-0.2, -0.15) is 13.2 Å². The van der Waals surface area contributed by atoms with Gasteiger partial charge in [0, 0.05) is 18.0 Å². The summed E-state index contributed by atoms with van der Waals surface area (Å²) in [5.41, 5.74) is 0.599. The fourth-order valence-corrected chi connectivity index (χ4v) is 1.50. The van der Waals surface area contributed by atoms with Crippen molar-refractivity contribution in [3.8, 4) is 5.75 Å². The van der Waals surface area contributed by atoms with Gasteiger partial charge in [-0.3, -0.25) is 0 Å². The van der Waals surface area contributed by atoms with Gasteiger partial charge in [-0.05, 0) is 24.6 Å². The monoisotopic (exact) mass is 267 g/mol. The van der Waals surface area contributed by atoms with Gasteiger partial charge in [-0.25, -0.2) is 0 Å². The fourth-order valence-electron chi connectivity index (χ4n) is 1.33. The van der Waals surface area contributed by atoms with E-state index >= 15 is 0 Å². The minimum Gasteiger partial charge on any atom is -0.495 e. The Hall–Kier alpha value is -1.10. The summed E-state index contributed by atoms with van der Waals surface area (Å²) in [7, 11) is 1.49. The molecular formula is C11H13ClF3NO. The van der Waals surface area contributed by atoms with Crippen LogP contribution in [0.3, 0.4) is 0 Å². The van der Waals surface area contributed by atoms with Gasteiger partial charge in [-0.15, -0.1) is 0 Å². The van der Waals surface area contributed by atoms with Crippen LogP contribution in [0.15, 0.2) is 18.2 Å². The van der Waals surface area contributed by atoms with E-state index in [9.17, 15) is 13.2 Å². The van der Waals surface area contributed by atoms with Gasteiger partial charge in [0.05, 0.1) is 12.8 Å². The highest BCUT2D eigenvalue weighted by molar-refractivity contribution is 6.30. The molecule has 1 aromatic rings. The van der Waals surface area contributed by atoms with Crippen LogP contribution in [0.4, 0.5) is 18.9 Å². The number of rotatable bonds is 5. The Bertz CT molecular complexity index is 368. The maximum Gasteiger partial charge on any atom is 0.389 e. The largest absolute Gasteiger partial charge is 0.495 e. The third-order valence-corrected chi connectivity index (χ3v) is 2.35. The van der Waals surface area contributed by atoms with Gasteiger partial charge in [0.25, 0.3) is 0 Å². The molecule has 0 fully saturated rings. The molecule has 0 amide bonds. The van der Waals surface area contributed by atoms with Crippen LogP contribution < -0.4 is 10.1 Å². The van der Waals surface area contributed by atoms with Crippen molar-refractivity contribution in [2.75, 3.05) is 19.0 Å². The van der Waals surface area contributed by atoms with E-state index in [0.29, 0.717) is 16.5 Å². The summed E-state index contributed by atoms with van der Waals surface area (Å²) in [6.07, 6.45) is -4.90. The van der Waals surface area contributed by atoms with Crippen molar-refractivity contribution in [3.63, 3.8) is 0 Å². The maximum absolute atomic E-state index is 11.9. The number of hydrogen-bond donors (Lipinski definition) is 1. The number of benzene rings is 1. The first-order valence-electron chi connectivity index (χ1n) is 5.06. The van der Waals surface area contributed by atoms with Crippen molar-refractivity contribution < 1.29 is 17.9 Å². The van der Waals surface area contributed by atoms with E-state index < -0.39 is 12.6 Å². The van der Waals surface area contributed by atoms with Gasteiger partial charge in [0.1, 0.15) is 5.75 Å². The van der Waals surface area contributed by atoms with Crippen molar-refractivity contribution in [2.24, 2.45) is 0 Å². The summed E-state index contributed by atoms with van der Waals surface area (Å²) in [4.78, 5) is 0. The van der Waals surface area contributed by atoms with E-state index in [2.05, 4.69) is 5.32 Å². The van der Waals surface area contributed by atoms with E-state index in [1.165, 1.54) is 7.11 Å². The van der Waals surface area contributed by atoms with Gasteiger partial charge in [0.15, 0.2) is 0 Å². The first kappa shape index (κ1) is 14.0. The number of methoxy groups -OCH3 is 1. The molecule has 0 aliphatic rings. The Morgan fingerprint density at radius 1 is 1.35 bits per heavy atom. The minimum absolute atomic E-state index is 0.0131. The molecule has 96 valence electrons. The van der Waals surface area contributed by atoms with Crippen LogP contribution >= 0.6 is 11.6 Å². The molecule has 0 saturated carbocycles. The smallest absolute Gasteiger partial charge is 0.389 e.